The number of hydrogen-bond acceptors (Lipinski definition) is 6. The number of rotatable bonds is 49. The summed E-state index contributed by atoms with van der Waals surface area (Å²) in [5.41, 5.74) is 0. The van der Waals surface area contributed by atoms with Gasteiger partial charge in [-0.15, -0.1) is 0 Å². The maximum atomic E-state index is 12.9. The van der Waals surface area contributed by atoms with E-state index in [0.717, 1.165) is 122 Å². The van der Waals surface area contributed by atoms with Gasteiger partial charge in [-0.25, -0.2) is 0 Å². The van der Waals surface area contributed by atoms with Crippen molar-refractivity contribution in [2.75, 3.05) is 13.2 Å². The lowest BCUT2D eigenvalue weighted by molar-refractivity contribution is -0.167. The van der Waals surface area contributed by atoms with Crippen molar-refractivity contribution in [3.8, 4) is 0 Å². The fraction of sp³-hybridized carbons (Fsp3) is 0.515. The molecule has 0 aliphatic heterocycles. The molecule has 0 heterocycles. The molecule has 0 saturated heterocycles. The molecule has 0 rings (SSSR count). The van der Waals surface area contributed by atoms with Crippen LogP contribution in [0.25, 0.3) is 0 Å². The maximum absolute atomic E-state index is 12.9. The predicted molar refractivity (Wildman–Crippen MR) is 320 cm³/mol. The quantitative estimate of drug-likeness (QED) is 0.0199. The Bertz CT molecular complexity index is 1780. The van der Waals surface area contributed by atoms with Crippen LogP contribution < -0.4 is 0 Å². The van der Waals surface area contributed by atoms with Crippen LogP contribution in [0.1, 0.15) is 207 Å². The van der Waals surface area contributed by atoms with Gasteiger partial charge in [0.1, 0.15) is 13.2 Å². The van der Waals surface area contributed by atoms with Crippen LogP contribution in [-0.4, -0.2) is 37.2 Å². The van der Waals surface area contributed by atoms with E-state index in [2.05, 4.69) is 130 Å². The highest BCUT2D eigenvalue weighted by atomic mass is 16.6. The third kappa shape index (κ3) is 57.4. The molecular weight excluding hydrogens is 913 g/mol. The molecule has 0 aromatic heterocycles. The highest BCUT2D eigenvalue weighted by molar-refractivity contribution is 5.71. The van der Waals surface area contributed by atoms with Crippen molar-refractivity contribution >= 4 is 17.9 Å². The zero-order chi connectivity index (χ0) is 53.6. The van der Waals surface area contributed by atoms with Crippen molar-refractivity contribution < 1.29 is 28.6 Å². The van der Waals surface area contributed by atoms with E-state index in [9.17, 15) is 14.4 Å². The fourth-order valence-corrected chi connectivity index (χ4v) is 7.10. The Hall–Kier alpha value is -5.49. The number of allylic oxidation sites excluding steroid dienone is 30. The van der Waals surface area contributed by atoms with E-state index in [0.29, 0.717) is 19.3 Å². The summed E-state index contributed by atoms with van der Waals surface area (Å²) in [6.07, 6.45) is 90.1. The number of ether oxygens (including phenoxy) is 3. The summed E-state index contributed by atoms with van der Waals surface area (Å²) in [6.45, 7) is 6.26. The molecule has 6 heteroatoms. The first-order chi connectivity index (χ1) is 36.5. The SMILES string of the molecule is CC\C=C/C=C\C=C/C=C\C=C\C=C/C=C\CCCCCC(=O)OCC(COC(=O)CCCCCCC\C=C/C=C\C=C/CCCCCCC)OC(=O)CCCCC/C=C\C/C=C\C/C=C\C/C=C\C/C=C\CC. The van der Waals surface area contributed by atoms with Gasteiger partial charge in [0, 0.05) is 19.3 Å². The normalized spacial score (nSPS) is 13.5. The van der Waals surface area contributed by atoms with E-state index in [1.54, 1.807) is 0 Å². The molecule has 0 saturated carbocycles. The first-order valence-corrected chi connectivity index (χ1v) is 28.9. The summed E-state index contributed by atoms with van der Waals surface area (Å²) in [5, 5.41) is 0. The molecule has 0 aliphatic carbocycles. The minimum absolute atomic E-state index is 0.128. The minimum Gasteiger partial charge on any atom is -0.462 e. The van der Waals surface area contributed by atoms with Crippen LogP contribution in [0.3, 0.4) is 0 Å². The average Bonchev–Trinajstić information content (AvgIpc) is 3.40. The molecule has 0 radical (unpaired) electrons. The molecule has 0 aromatic rings. The molecule has 0 fully saturated rings. The van der Waals surface area contributed by atoms with E-state index >= 15 is 0 Å². The summed E-state index contributed by atoms with van der Waals surface area (Å²) >= 11 is 0. The maximum Gasteiger partial charge on any atom is 0.306 e. The van der Waals surface area contributed by atoms with E-state index < -0.39 is 6.10 Å². The average molecular weight is 1020 g/mol. The molecular formula is C68H102O6. The molecule has 0 aliphatic rings. The van der Waals surface area contributed by atoms with Crippen LogP contribution >= 0.6 is 0 Å². The first-order valence-electron chi connectivity index (χ1n) is 28.9. The number of carbonyl (C=O) groups is 3. The molecule has 1 atom stereocenters. The van der Waals surface area contributed by atoms with Gasteiger partial charge in [-0.2, -0.15) is 0 Å². The molecule has 0 aromatic carbocycles. The van der Waals surface area contributed by atoms with Gasteiger partial charge in [0.05, 0.1) is 0 Å². The van der Waals surface area contributed by atoms with Crippen molar-refractivity contribution in [1.82, 2.24) is 0 Å². The van der Waals surface area contributed by atoms with Crippen LogP contribution in [0.15, 0.2) is 182 Å². The Balaban J connectivity index is 4.65. The van der Waals surface area contributed by atoms with Gasteiger partial charge >= 0.3 is 17.9 Å². The van der Waals surface area contributed by atoms with Crippen LogP contribution in [-0.2, 0) is 28.6 Å². The van der Waals surface area contributed by atoms with Crippen LogP contribution in [0.5, 0.6) is 0 Å². The second-order valence-electron chi connectivity index (χ2n) is 18.3. The van der Waals surface area contributed by atoms with Crippen LogP contribution in [0.4, 0.5) is 0 Å². The topological polar surface area (TPSA) is 78.9 Å². The summed E-state index contributed by atoms with van der Waals surface area (Å²) in [6, 6.07) is 0. The summed E-state index contributed by atoms with van der Waals surface area (Å²) < 4.78 is 16.8. The van der Waals surface area contributed by atoms with E-state index in [1.165, 1.54) is 32.1 Å². The molecule has 0 amide bonds. The lowest BCUT2D eigenvalue weighted by Crippen LogP contribution is -2.30. The van der Waals surface area contributed by atoms with E-state index in [4.69, 9.17) is 14.2 Å². The van der Waals surface area contributed by atoms with Crippen molar-refractivity contribution in [3.05, 3.63) is 182 Å². The molecule has 6 nitrogen and oxygen atoms in total. The fourth-order valence-electron chi connectivity index (χ4n) is 7.10. The van der Waals surface area contributed by atoms with E-state index in [-0.39, 0.29) is 44.0 Å². The van der Waals surface area contributed by atoms with Gasteiger partial charge in [-0.1, -0.05) is 261 Å². The second-order valence-corrected chi connectivity index (χ2v) is 18.3. The van der Waals surface area contributed by atoms with Crippen molar-refractivity contribution in [2.24, 2.45) is 0 Å². The van der Waals surface area contributed by atoms with Crippen molar-refractivity contribution in [3.63, 3.8) is 0 Å². The Morgan fingerprint density at radius 3 is 1.00 bits per heavy atom. The van der Waals surface area contributed by atoms with Crippen LogP contribution in [0.2, 0.25) is 0 Å². The third-order valence-electron chi connectivity index (χ3n) is 11.4. The smallest absolute Gasteiger partial charge is 0.306 e. The Morgan fingerprint density at radius 2 is 0.595 bits per heavy atom. The first kappa shape index (κ1) is 68.5. The standard InChI is InChI=1S/C68H102O6/c1-4-7-10-13-16-19-22-25-28-31-34-37-40-43-46-49-52-55-58-61-67(70)73-64-65(63-72-66(69)60-57-54-51-48-45-42-39-36-33-30-27-24-21-18-15-12-9-6-3)74-68(71)62-59-56-53-50-47-44-41-38-35-32-29-26-23-20-17-14-11-8-5-2/h7-8,10-11,13,16-17,19-20,22,24-31,33-40,43-44,46-47,65H,4-6,9,12,14-15,18,21,23,32,41-42,45,48-64H2,1-3H3/b10-7-,11-8-,16-13-,20-17-,22-19-,27-24-,28-25-,29-26-,33-30-,34-31+,38-35-,39-36-,40-37-,46-43-,47-44-. The molecule has 0 spiro atoms. The van der Waals surface area contributed by atoms with Crippen LogP contribution in [0, 0.1) is 0 Å². The number of hydrogen-bond donors (Lipinski definition) is 0. The minimum atomic E-state index is -0.836. The molecule has 74 heavy (non-hydrogen) atoms. The van der Waals surface area contributed by atoms with Gasteiger partial charge in [0.15, 0.2) is 6.10 Å². The third-order valence-corrected chi connectivity index (χ3v) is 11.4. The second kappa shape index (κ2) is 60.1. The van der Waals surface area contributed by atoms with Gasteiger partial charge in [0.2, 0.25) is 0 Å². The number of unbranched alkanes of at least 4 members (excludes halogenated alkanes) is 16. The summed E-state index contributed by atoms with van der Waals surface area (Å²) in [4.78, 5) is 38.2. The van der Waals surface area contributed by atoms with Gasteiger partial charge in [-0.05, 0) is 109 Å². The van der Waals surface area contributed by atoms with Gasteiger partial charge in [-0.3, -0.25) is 14.4 Å². The Kier molecular flexibility index (Phi) is 55.6. The van der Waals surface area contributed by atoms with E-state index in [1.807, 2.05) is 72.9 Å². The largest absolute Gasteiger partial charge is 0.462 e. The zero-order valence-corrected chi connectivity index (χ0v) is 46.8. The monoisotopic (exact) mass is 1010 g/mol. The Morgan fingerprint density at radius 1 is 0.297 bits per heavy atom. The van der Waals surface area contributed by atoms with Crippen molar-refractivity contribution in [2.45, 2.75) is 213 Å². The van der Waals surface area contributed by atoms with Gasteiger partial charge < -0.3 is 14.2 Å². The molecule has 410 valence electrons. The molecule has 1 unspecified atom stereocenters. The number of carbonyl (C=O) groups excluding carboxylic acids is 3. The lowest BCUT2D eigenvalue weighted by Gasteiger charge is -2.18. The molecule has 0 N–H and O–H groups in total. The van der Waals surface area contributed by atoms with Gasteiger partial charge in [0.25, 0.3) is 0 Å². The highest BCUT2D eigenvalue weighted by Crippen LogP contribution is 2.12. The number of esters is 3. The lowest BCUT2D eigenvalue weighted by atomic mass is 10.1. The Labute approximate surface area is 453 Å². The summed E-state index contributed by atoms with van der Waals surface area (Å²) in [7, 11) is 0. The summed E-state index contributed by atoms with van der Waals surface area (Å²) in [5.74, 6) is -1.04. The predicted octanol–water partition coefficient (Wildman–Crippen LogP) is 19.7. The zero-order valence-electron chi connectivity index (χ0n) is 46.8. The van der Waals surface area contributed by atoms with Crippen molar-refractivity contribution in [1.29, 1.82) is 0 Å². The molecule has 0 bridgehead atoms. The highest BCUT2D eigenvalue weighted by Gasteiger charge is 2.19.